The Hall–Kier alpha value is -2.10. The Kier molecular flexibility index (Phi) is 3.00. The van der Waals surface area contributed by atoms with Crippen molar-refractivity contribution in [3.63, 3.8) is 0 Å². The minimum atomic E-state index is -0.296. The topological polar surface area (TPSA) is 39.4 Å². The van der Waals surface area contributed by atoms with Crippen LogP contribution in [0, 0.1) is 5.82 Å². The standard InChI is InChI=1S/C12H9FO3/c13-10-3-1-9(2-4-10)8-16-12-7-11(14)5-6-15-12/h1-7H,8H2. The quantitative estimate of drug-likeness (QED) is 0.797. The third-order valence-electron chi connectivity index (χ3n) is 1.97. The Labute approximate surface area is 91.1 Å². The van der Waals surface area contributed by atoms with Crippen molar-refractivity contribution in [1.29, 1.82) is 0 Å². The van der Waals surface area contributed by atoms with Crippen molar-refractivity contribution in [2.45, 2.75) is 6.61 Å². The molecule has 0 unspecified atom stereocenters. The van der Waals surface area contributed by atoms with Crippen LogP contribution < -0.4 is 10.2 Å². The number of hydrogen-bond donors (Lipinski definition) is 0. The molecular weight excluding hydrogens is 211 g/mol. The van der Waals surface area contributed by atoms with Gasteiger partial charge < -0.3 is 9.15 Å². The van der Waals surface area contributed by atoms with Gasteiger partial charge in [-0.25, -0.2) is 4.39 Å². The number of benzene rings is 1. The summed E-state index contributed by atoms with van der Waals surface area (Å²) >= 11 is 0. The van der Waals surface area contributed by atoms with Crippen LogP contribution in [0.5, 0.6) is 5.95 Å². The lowest BCUT2D eigenvalue weighted by Gasteiger charge is -2.03. The molecule has 3 nitrogen and oxygen atoms in total. The second-order valence-electron chi connectivity index (χ2n) is 3.20. The molecule has 2 aromatic rings. The van der Waals surface area contributed by atoms with Gasteiger partial charge in [-0.15, -0.1) is 0 Å². The van der Waals surface area contributed by atoms with Crippen LogP contribution in [0.4, 0.5) is 4.39 Å². The van der Waals surface area contributed by atoms with Gasteiger partial charge in [0.25, 0.3) is 5.95 Å². The van der Waals surface area contributed by atoms with Crippen LogP contribution in [0.15, 0.2) is 51.9 Å². The molecule has 0 spiro atoms. The Balaban J connectivity index is 2.02. The third kappa shape index (κ3) is 2.70. The van der Waals surface area contributed by atoms with Crippen LogP contribution in [-0.4, -0.2) is 0 Å². The summed E-state index contributed by atoms with van der Waals surface area (Å²) in [5.41, 5.74) is 0.619. The lowest BCUT2D eigenvalue weighted by Crippen LogP contribution is -2.00. The molecule has 0 radical (unpaired) electrons. The van der Waals surface area contributed by atoms with Gasteiger partial charge in [-0.1, -0.05) is 12.1 Å². The molecule has 0 aliphatic rings. The maximum absolute atomic E-state index is 12.6. The second kappa shape index (κ2) is 4.61. The highest BCUT2D eigenvalue weighted by molar-refractivity contribution is 5.16. The Morgan fingerprint density at radius 3 is 2.62 bits per heavy atom. The van der Waals surface area contributed by atoms with Gasteiger partial charge in [0, 0.05) is 6.07 Å². The van der Waals surface area contributed by atoms with Gasteiger partial charge in [0.05, 0.1) is 12.3 Å². The minimum absolute atomic E-state index is 0.150. The zero-order valence-electron chi connectivity index (χ0n) is 8.35. The number of ether oxygens (including phenoxy) is 1. The van der Waals surface area contributed by atoms with E-state index < -0.39 is 0 Å². The smallest absolute Gasteiger partial charge is 0.288 e. The number of rotatable bonds is 3. The van der Waals surface area contributed by atoms with E-state index in [1.165, 1.54) is 30.5 Å². The van der Waals surface area contributed by atoms with Gasteiger partial charge in [-0.05, 0) is 17.7 Å². The molecule has 2 rings (SSSR count). The lowest BCUT2D eigenvalue weighted by atomic mass is 10.2. The molecule has 0 saturated heterocycles. The van der Waals surface area contributed by atoms with E-state index >= 15 is 0 Å². The molecule has 0 saturated carbocycles. The molecule has 0 bridgehead atoms. The van der Waals surface area contributed by atoms with E-state index in [1.807, 2.05) is 0 Å². The second-order valence-corrected chi connectivity index (χ2v) is 3.20. The molecule has 0 atom stereocenters. The fourth-order valence-electron chi connectivity index (χ4n) is 1.18. The van der Waals surface area contributed by atoms with E-state index in [0.717, 1.165) is 5.56 Å². The summed E-state index contributed by atoms with van der Waals surface area (Å²) in [6, 6.07) is 8.46. The predicted octanol–water partition coefficient (Wildman–Crippen LogP) is 2.36. The largest absolute Gasteiger partial charge is 0.460 e. The van der Waals surface area contributed by atoms with Crippen molar-refractivity contribution in [3.8, 4) is 5.95 Å². The molecule has 0 N–H and O–H groups in total. The Morgan fingerprint density at radius 1 is 1.19 bits per heavy atom. The molecule has 1 heterocycles. The molecule has 1 aromatic heterocycles. The van der Waals surface area contributed by atoms with Crippen LogP contribution in [0.3, 0.4) is 0 Å². The molecule has 16 heavy (non-hydrogen) atoms. The Bertz CT molecular complexity index is 516. The highest BCUT2D eigenvalue weighted by Crippen LogP contribution is 2.10. The minimum Gasteiger partial charge on any atom is -0.460 e. The SMILES string of the molecule is O=c1ccoc(OCc2ccc(F)cc2)c1. The Morgan fingerprint density at radius 2 is 1.94 bits per heavy atom. The van der Waals surface area contributed by atoms with Gasteiger partial charge in [0.1, 0.15) is 12.4 Å². The monoisotopic (exact) mass is 220 g/mol. The third-order valence-corrected chi connectivity index (χ3v) is 1.97. The zero-order valence-corrected chi connectivity index (χ0v) is 8.35. The summed E-state index contributed by atoms with van der Waals surface area (Å²) in [6.07, 6.45) is 1.27. The van der Waals surface area contributed by atoms with Crippen molar-refractivity contribution in [1.82, 2.24) is 0 Å². The van der Waals surface area contributed by atoms with Gasteiger partial charge >= 0.3 is 0 Å². The molecular formula is C12H9FO3. The van der Waals surface area contributed by atoms with Crippen molar-refractivity contribution >= 4 is 0 Å². The first-order valence-electron chi connectivity index (χ1n) is 4.70. The van der Waals surface area contributed by atoms with E-state index in [9.17, 15) is 9.18 Å². The summed E-state index contributed by atoms with van der Waals surface area (Å²) in [6.45, 7) is 0.229. The average Bonchev–Trinajstić information content (AvgIpc) is 2.28. The summed E-state index contributed by atoms with van der Waals surface area (Å²) in [5, 5.41) is 0. The van der Waals surface area contributed by atoms with E-state index in [-0.39, 0.29) is 23.8 Å². The van der Waals surface area contributed by atoms with E-state index in [2.05, 4.69) is 0 Å². The fraction of sp³-hybridized carbons (Fsp3) is 0.0833. The van der Waals surface area contributed by atoms with E-state index in [0.29, 0.717) is 0 Å². The van der Waals surface area contributed by atoms with Crippen LogP contribution in [0.1, 0.15) is 5.56 Å². The van der Waals surface area contributed by atoms with Crippen LogP contribution in [0.25, 0.3) is 0 Å². The van der Waals surface area contributed by atoms with Gasteiger partial charge in [-0.2, -0.15) is 0 Å². The van der Waals surface area contributed by atoms with Crippen molar-refractivity contribution in [3.05, 3.63) is 64.3 Å². The zero-order chi connectivity index (χ0) is 11.4. The first-order valence-corrected chi connectivity index (χ1v) is 4.70. The van der Waals surface area contributed by atoms with Gasteiger partial charge in [0.15, 0.2) is 5.43 Å². The van der Waals surface area contributed by atoms with E-state index in [4.69, 9.17) is 9.15 Å². The summed E-state index contributed by atoms with van der Waals surface area (Å²) in [5.74, 6) is -0.146. The van der Waals surface area contributed by atoms with Crippen molar-refractivity contribution in [2.75, 3.05) is 0 Å². The fourth-order valence-corrected chi connectivity index (χ4v) is 1.18. The highest BCUT2D eigenvalue weighted by Gasteiger charge is 1.98. The van der Waals surface area contributed by atoms with Crippen molar-refractivity contribution < 1.29 is 13.5 Å². The van der Waals surface area contributed by atoms with Crippen LogP contribution in [0.2, 0.25) is 0 Å². The highest BCUT2D eigenvalue weighted by atomic mass is 19.1. The van der Waals surface area contributed by atoms with Gasteiger partial charge in [-0.3, -0.25) is 4.79 Å². The van der Waals surface area contributed by atoms with Gasteiger partial charge in [0.2, 0.25) is 0 Å². The predicted molar refractivity (Wildman–Crippen MR) is 55.7 cm³/mol. The molecule has 0 aliphatic carbocycles. The number of halogens is 1. The van der Waals surface area contributed by atoms with Crippen LogP contribution >= 0.6 is 0 Å². The number of hydrogen-bond acceptors (Lipinski definition) is 3. The maximum atomic E-state index is 12.6. The molecule has 0 amide bonds. The van der Waals surface area contributed by atoms with Crippen LogP contribution in [-0.2, 0) is 6.61 Å². The van der Waals surface area contributed by atoms with Crippen molar-refractivity contribution in [2.24, 2.45) is 0 Å². The molecule has 82 valence electrons. The normalized spacial score (nSPS) is 10.1. The van der Waals surface area contributed by atoms with E-state index in [1.54, 1.807) is 12.1 Å². The molecule has 4 heteroatoms. The molecule has 0 aliphatic heterocycles. The summed E-state index contributed by atoms with van der Waals surface area (Å²) < 4.78 is 22.8. The lowest BCUT2D eigenvalue weighted by molar-refractivity contribution is 0.226. The summed E-state index contributed by atoms with van der Waals surface area (Å²) in [7, 11) is 0. The average molecular weight is 220 g/mol. The maximum Gasteiger partial charge on any atom is 0.288 e. The molecule has 1 aromatic carbocycles. The first kappa shape index (κ1) is 10.4. The first-order chi connectivity index (χ1) is 7.74. The molecule has 0 fully saturated rings. The summed E-state index contributed by atoms with van der Waals surface area (Å²) in [4.78, 5) is 11.0.